The number of methoxy groups -OCH3 is 1. The number of anilines is 1. The van der Waals surface area contributed by atoms with Crippen LogP contribution in [0.2, 0.25) is 0 Å². The van der Waals surface area contributed by atoms with E-state index >= 15 is 0 Å². The van der Waals surface area contributed by atoms with Gasteiger partial charge in [0.1, 0.15) is 0 Å². The van der Waals surface area contributed by atoms with E-state index < -0.39 is 10.2 Å². The molecular weight excluding hydrogens is 312 g/mol. The third kappa shape index (κ3) is 4.89. The average Bonchev–Trinajstić information content (AvgIpc) is 2.89. The standard InChI is InChI=1S/C12H22N4O3S2/c1-19-11-4-7-16(8-5-11)21(17,18)14-6-2-3-10-9-20-12(13)15-10/h9,11,14H,2-8H2,1H3,(H2,13,15). The Morgan fingerprint density at radius 3 is 2.81 bits per heavy atom. The smallest absolute Gasteiger partial charge is 0.279 e. The molecule has 1 aromatic rings. The maximum Gasteiger partial charge on any atom is 0.279 e. The molecule has 9 heteroatoms. The van der Waals surface area contributed by atoms with Crippen molar-refractivity contribution in [3.63, 3.8) is 0 Å². The monoisotopic (exact) mass is 334 g/mol. The van der Waals surface area contributed by atoms with Gasteiger partial charge in [0.05, 0.1) is 11.8 Å². The van der Waals surface area contributed by atoms with Crippen LogP contribution in [0.4, 0.5) is 5.13 Å². The minimum Gasteiger partial charge on any atom is -0.381 e. The van der Waals surface area contributed by atoms with E-state index in [0.29, 0.717) is 31.2 Å². The highest BCUT2D eigenvalue weighted by Crippen LogP contribution is 2.15. The Balaban J connectivity index is 1.71. The topological polar surface area (TPSA) is 97.5 Å². The minimum atomic E-state index is -3.38. The Kier molecular flexibility index (Phi) is 5.94. The van der Waals surface area contributed by atoms with Crippen LogP contribution in [0.25, 0.3) is 0 Å². The number of piperidine rings is 1. The molecule has 1 aliphatic heterocycles. The summed E-state index contributed by atoms with van der Waals surface area (Å²) in [6.07, 6.45) is 3.09. The number of nitrogens with zero attached hydrogens (tertiary/aromatic N) is 2. The Labute approximate surface area is 129 Å². The van der Waals surface area contributed by atoms with Crippen LogP contribution >= 0.6 is 11.3 Å². The van der Waals surface area contributed by atoms with Crippen molar-refractivity contribution in [1.82, 2.24) is 14.0 Å². The van der Waals surface area contributed by atoms with Gasteiger partial charge in [-0.15, -0.1) is 11.3 Å². The summed E-state index contributed by atoms with van der Waals surface area (Å²) in [6, 6.07) is 0. The molecule has 0 amide bonds. The molecule has 3 N–H and O–H groups in total. The van der Waals surface area contributed by atoms with E-state index in [2.05, 4.69) is 9.71 Å². The van der Waals surface area contributed by atoms with Gasteiger partial charge in [-0.1, -0.05) is 0 Å². The van der Waals surface area contributed by atoms with E-state index in [0.717, 1.165) is 25.0 Å². The van der Waals surface area contributed by atoms with Gasteiger partial charge >= 0.3 is 0 Å². The second-order valence-electron chi connectivity index (χ2n) is 5.01. The summed E-state index contributed by atoms with van der Waals surface area (Å²) in [7, 11) is -1.71. The normalized spacial score (nSPS) is 18.1. The molecule has 0 atom stereocenters. The van der Waals surface area contributed by atoms with Gasteiger partial charge in [0.15, 0.2) is 5.13 Å². The number of nitrogens with two attached hydrogens (primary N) is 1. The van der Waals surface area contributed by atoms with Gasteiger partial charge < -0.3 is 10.5 Å². The van der Waals surface area contributed by atoms with Crippen molar-refractivity contribution >= 4 is 26.7 Å². The lowest BCUT2D eigenvalue weighted by Gasteiger charge is -2.30. The molecule has 0 bridgehead atoms. The molecule has 0 radical (unpaired) electrons. The molecule has 21 heavy (non-hydrogen) atoms. The summed E-state index contributed by atoms with van der Waals surface area (Å²) in [5.74, 6) is 0. The van der Waals surface area contributed by atoms with E-state index in [-0.39, 0.29) is 6.10 Å². The largest absolute Gasteiger partial charge is 0.381 e. The summed E-state index contributed by atoms with van der Waals surface area (Å²) in [4.78, 5) is 4.15. The first kappa shape index (κ1) is 16.6. The molecular formula is C12H22N4O3S2. The van der Waals surface area contributed by atoms with Crippen LogP contribution in [0.3, 0.4) is 0 Å². The van der Waals surface area contributed by atoms with Gasteiger partial charge in [0.2, 0.25) is 0 Å². The third-order valence-electron chi connectivity index (χ3n) is 3.54. The molecule has 1 aromatic heterocycles. The number of nitrogens with one attached hydrogen (secondary N) is 1. The van der Waals surface area contributed by atoms with E-state index in [1.54, 1.807) is 7.11 Å². The first-order valence-corrected chi connectivity index (χ1v) is 9.30. The van der Waals surface area contributed by atoms with Gasteiger partial charge in [-0.05, 0) is 25.7 Å². The van der Waals surface area contributed by atoms with Gasteiger partial charge in [-0.2, -0.15) is 12.7 Å². The van der Waals surface area contributed by atoms with Crippen molar-refractivity contribution < 1.29 is 13.2 Å². The second-order valence-corrected chi connectivity index (χ2v) is 7.66. The summed E-state index contributed by atoms with van der Waals surface area (Å²) >= 11 is 1.40. The fourth-order valence-electron chi connectivity index (χ4n) is 2.31. The zero-order valence-electron chi connectivity index (χ0n) is 12.1. The van der Waals surface area contributed by atoms with Crippen LogP contribution in [-0.2, 0) is 21.4 Å². The fourth-order valence-corrected chi connectivity index (χ4v) is 4.18. The summed E-state index contributed by atoms with van der Waals surface area (Å²) in [5.41, 5.74) is 6.47. The van der Waals surface area contributed by atoms with Gasteiger partial charge in [-0.25, -0.2) is 9.71 Å². The van der Waals surface area contributed by atoms with Crippen LogP contribution < -0.4 is 10.5 Å². The van der Waals surface area contributed by atoms with E-state index in [1.807, 2.05) is 5.38 Å². The molecule has 0 unspecified atom stereocenters. The van der Waals surface area contributed by atoms with Crippen molar-refractivity contribution in [3.8, 4) is 0 Å². The molecule has 0 aromatic carbocycles. The van der Waals surface area contributed by atoms with E-state index in [1.165, 1.54) is 15.6 Å². The molecule has 0 saturated carbocycles. The lowest BCUT2D eigenvalue weighted by atomic mass is 10.1. The maximum absolute atomic E-state index is 12.1. The van der Waals surface area contributed by atoms with Crippen LogP contribution in [0.1, 0.15) is 25.0 Å². The first-order valence-electron chi connectivity index (χ1n) is 6.98. The summed E-state index contributed by atoms with van der Waals surface area (Å²) in [6.45, 7) is 1.43. The van der Waals surface area contributed by atoms with Crippen LogP contribution in [0.5, 0.6) is 0 Å². The molecule has 1 fully saturated rings. The molecule has 2 heterocycles. The molecule has 1 saturated heterocycles. The Morgan fingerprint density at radius 1 is 1.52 bits per heavy atom. The third-order valence-corrected chi connectivity index (χ3v) is 5.87. The minimum absolute atomic E-state index is 0.173. The predicted molar refractivity (Wildman–Crippen MR) is 83.4 cm³/mol. The Morgan fingerprint density at radius 2 is 2.24 bits per heavy atom. The highest BCUT2D eigenvalue weighted by Gasteiger charge is 2.27. The van der Waals surface area contributed by atoms with Gasteiger partial charge in [0, 0.05) is 32.1 Å². The highest BCUT2D eigenvalue weighted by atomic mass is 32.2. The van der Waals surface area contributed by atoms with Crippen molar-refractivity contribution in [1.29, 1.82) is 0 Å². The highest BCUT2D eigenvalue weighted by molar-refractivity contribution is 7.87. The SMILES string of the molecule is COC1CCN(S(=O)(=O)NCCCc2csc(N)n2)CC1. The maximum atomic E-state index is 12.1. The summed E-state index contributed by atoms with van der Waals surface area (Å²) < 4.78 is 33.6. The Hall–Kier alpha value is -0.740. The molecule has 1 aliphatic rings. The van der Waals surface area contributed by atoms with E-state index in [9.17, 15) is 8.42 Å². The molecule has 7 nitrogen and oxygen atoms in total. The number of nitrogen functional groups attached to an aromatic ring is 1. The van der Waals surface area contributed by atoms with Gasteiger partial charge in [0.25, 0.3) is 10.2 Å². The van der Waals surface area contributed by atoms with Crippen molar-refractivity contribution in [2.24, 2.45) is 0 Å². The van der Waals surface area contributed by atoms with Crippen LogP contribution in [0.15, 0.2) is 5.38 Å². The predicted octanol–water partition coefficient (Wildman–Crippen LogP) is 0.603. The number of hydrogen-bond acceptors (Lipinski definition) is 6. The fraction of sp³-hybridized carbons (Fsp3) is 0.750. The number of hydrogen-bond donors (Lipinski definition) is 2. The number of ether oxygens (including phenoxy) is 1. The zero-order chi connectivity index (χ0) is 15.3. The summed E-state index contributed by atoms with van der Waals surface area (Å²) in [5, 5.41) is 2.45. The van der Waals surface area contributed by atoms with Crippen molar-refractivity contribution in [3.05, 3.63) is 11.1 Å². The second kappa shape index (κ2) is 7.50. The Bertz CT molecular complexity index is 538. The quantitative estimate of drug-likeness (QED) is 0.712. The van der Waals surface area contributed by atoms with Crippen molar-refractivity contribution in [2.75, 3.05) is 32.5 Å². The van der Waals surface area contributed by atoms with Gasteiger partial charge in [-0.3, -0.25) is 0 Å². The van der Waals surface area contributed by atoms with Crippen molar-refractivity contribution in [2.45, 2.75) is 31.8 Å². The number of aryl methyl sites for hydroxylation is 1. The number of aromatic nitrogens is 1. The number of rotatable bonds is 7. The van der Waals surface area contributed by atoms with Crippen LogP contribution in [-0.4, -0.2) is 50.6 Å². The first-order chi connectivity index (χ1) is 10.0. The van der Waals surface area contributed by atoms with Crippen LogP contribution in [0, 0.1) is 0 Å². The molecule has 0 spiro atoms. The lowest BCUT2D eigenvalue weighted by Crippen LogP contribution is -2.46. The average molecular weight is 334 g/mol. The zero-order valence-corrected chi connectivity index (χ0v) is 13.8. The molecule has 120 valence electrons. The lowest BCUT2D eigenvalue weighted by molar-refractivity contribution is 0.0602. The molecule has 0 aliphatic carbocycles. The number of thiazole rings is 1. The van der Waals surface area contributed by atoms with E-state index in [4.69, 9.17) is 10.5 Å². The molecule has 2 rings (SSSR count).